The maximum Gasteiger partial charge on any atom is 0.187 e. The molecule has 1 aromatic carbocycles. The van der Waals surface area contributed by atoms with Gasteiger partial charge in [0.05, 0.1) is 29.9 Å². The van der Waals surface area contributed by atoms with Crippen molar-refractivity contribution in [1.29, 1.82) is 0 Å². The van der Waals surface area contributed by atoms with Crippen molar-refractivity contribution < 1.29 is 33.6 Å². The topological polar surface area (TPSA) is 155 Å². The second-order valence-electron chi connectivity index (χ2n) is 5.99. The quantitative estimate of drug-likeness (QED) is 0.456. The highest BCUT2D eigenvalue weighted by Gasteiger charge is 2.48. The molecule has 1 aliphatic heterocycles. The van der Waals surface area contributed by atoms with Gasteiger partial charge < -0.3 is 25.2 Å². The first kappa shape index (κ1) is 18.9. The molecule has 3 rings (SSSR count). The summed E-state index contributed by atoms with van der Waals surface area (Å²) in [6, 6.07) is 8.95. The third kappa shape index (κ3) is 3.63. The largest absolute Gasteiger partial charge is 0.394 e. The van der Waals surface area contributed by atoms with Gasteiger partial charge in [-0.3, -0.25) is 0 Å². The summed E-state index contributed by atoms with van der Waals surface area (Å²) in [5.41, 5.74) is -0.998. The molecule has 1 aromatic heterocycles. The summed E-state index contributed by atoms with van der Waals surface area (Å²) in [5, 5.41) is 46.3. The Morgan fingerprint density at radius 1 is 1.08 bits per heavy atom. The van der Waals surface area contributed by atoms with Crippen molar-refractivity contribution in [3.63, 3.8) is 0 Å². The number of benzene rings is 1. The lowest BCUT2D eigenvalue weighted by molar-refractivity contribution is -0.207. The van der Waals surface area contributed by atoms with Gasteiger partial charge in [-0.15, -0.1) is 5.10 Å². The SMILES string of the molecule is O=S(=O)(Cc1cn(-c2ccccc2)nn1)C1O[C@@H](CO)[C@@H](O)[C@@H](O)[C@@H]1O. The number of nitrogens with zero attached hydrogens (tertiary/aromatic N) is 3. The summed E-state index contributed by atoms with van der Waals surface area (Å²) in [7, 11) is -4.12. The Balaban J connectivity index is 1.79. The van der Waals surface area contributed by atoms with Crippen LogP contribution in [-0.4, -0.2) is 80.3 Å². The molecule has 0 bridgehead atoms. The number of aliphatic hydroxyl groups is 4. The van der Waals surface area contributed by atoms with Crippen molar-refractivity contribution >= 4 is 9.84 Å². The lowest BCUT2D eigenvalue weighted by Crippen LogP contribution is -2.60. The lowest BCUT2D eigenvalue weighted by Gasteiger charge is -2.39. The van der Waals surface area contributed by atoms with E-state index in [1.54, 1.807) is 24.3 Å². The molecular formula is C15H19N3O7S. The number of ether oxygens (including phenoxy) is 1. The molecule has 2 aromatic rings. The maximum atomic E-state index is 12.6. The minimum Gasteiger partial charge on any atom is -0.394 e. The predicted molar refractivity (Wildman–Crippen MR) is 87.8 cm³/mol. The fourth-order valence-electron chi connectivity index (χ4n) is 2.72. The van der Waals surface area contributed by atoms with Crippen molar-refractivity contribution in [1.82, 2.24) is 15.0 Å². The van der Waals surface area contributed by atoms with Gasteiger partial charge in [0.1, 0.15) is 24.4 Å². The van der Waals surface area contributed by atoms with E-state index in [0.717, 1.165) is 0 Å². The van der Waals surface area contributed by atoms with E-state index in [1.165, 1.54) is 10.9 Å². The minimum absolute atomic E-state index is 0.116. The Labute approximate surface area is 149 Å². The second-order valence-corrected chi connectivity index (χ2v) is 8.07. The molecule has 0 amide bonds. The van der Waals surface area contributed by atoms with Crippen molar-refractivity contribution in [3.05, 3.63) is 42.2 Å². The molecule has 1 saturated heterocycles. The van der Waals surface area contributed by atoms with Gasteiger partial charge in [-0.25, -0.2) is 13.1 Å². The molecule has 0 radical (unpaired) electrons. The molecule has 2 heterocycles. The predicted octanol–water partition coefficient (Wildman–Crippen LogP) is -2.02. The summed E-state index contributed by atoms with van der Waals surface area (Å²) in [6.07, 6.45) is -5.12. The van der Waals surface area contributed by atoms with Crippen LogP contribution in [0, 0.1) is 0 Å². The molecular weight excluding hydrogens is 366 g/mol. The molecule has 26 heavy (non-hydrogen) atoms. The third-order valence-electron chi connectivity index (χ3n) is 4.11. The third-order valence-corrected chi connectivity index (χ3v) is 5.91. The van der Waals surface area contributed by atoms with Gasteiger partial charge in [-0.1, -0.05) is 23.4 Å². The molecule has 4 N–H and O–H groups in total. The fraction of sp³-hybridized carbons (Fsp3) is 0.467. The van der Waals surface area contributed by atoms with Gasteiger partial charge in [-0.05, 0) is 12.1 Å². The average molecular weight is 385 g/mol. The Bertz CT molecular complexity index is 840. The van der Waals surface area contributed by atoms with Gasteiger partial charge in [-0.2, -0.15) is 0 Å². The average Bonchev–Trinajstić information content (AvgIpc) is 3.08. The van der Waals surface area contributed by atoms with Crippen LogP contribution in [0.15, 0.2) is 36.5 Å². The Kier molecular flexibility index (Phi) is 5.37. The van der Waals surface area contributed by atoms with Gasteiger partial charge in [0.2, 0.25) is 0 Å². The number of sulfone groups is 1. The Morgan fingerprint density at radius 2 is 1.77 bits per heavy atom. The van der Waals surface area contributed by atoms with Crippen molar-refractivity contribution in [2.45, 2.75) is 35.6 Å². The molecule has 142 valence electrons. The molecule has 10 nitrogen and oxygen atoms in total. The van der Waals surface area contributed by atoms with E-state index in [0.29, 0.717) is 5.69 Å². The van der Waals surface area contributed by atoms with E-state index >= 15 is 0 Å². The van der Waals surface area contributed by atoms with Crippen LogP contribution in [0.25, 0.3) is 5.69 Å². The van der Waals surface area contributed by atoms with Crippen molar-refractivity contribution in [3.8, 4) is 5.69 Å². The summed E-state index contributed by atoms with van der Waals surface area (Å²) in [4.78, 5) is 0. The van der Waals surface area contributed by atoms with Gasteiger partial charge in [0.15, 0.2) is 15.3 Å². The van der Waals surface area contributed by atoms with Crippen LogP contribution in [0.2, 0.25) is 0 Å². The van der Waals surface area contributed by atoms with Crippen LogP contribution in [0.1, 0.15) is 5.69 Å². The summed E-state index contributed by atoms with van der Waals surface area (Å²) in [5.74, 6) is -0.595. The first-order valence-electron chi connectivity index (χ1n) is 7.82. The number of aliphatic hydroxyl groups excluding tert-OH is 4. The molecule has 1 aliphatic rings. The number of hydrogen-bond acceptors (Lipinski definition) is 9. The zero-order valence-electron chi connectivity index (χ0n) is 13.5. The number of hydrogen-bond donors (Lipinski definition) is 4. The molecule has 1 fully saturated rings. The molecule has 0 aliphatic carbocycles. The first-order chi connectivity index (χ1) is 12.3. The van der Waals surface area contributed by atoms with Gasteiger partial charge in [0.25, 0.3) is 0 Å². The number of para-hydroxylation sites is 1. The Hall–Kier alpha value is -1.89. The minimum atomic E-state index is -4.12. The van der Waals surface area contributed by atoms with Crippen LogP contribution < -0.4 is 0 Å². The fourth-order valence-corrected chi connectivity index (χ4v) is 4.33. The van der Waals surface area contributed by atoms with E-state index in [1.807, 2.05) is 6.07 Å². The second kappa shape index (κ2) is 7.39. The summed E-state index contributed by atoms with van der Waals surface area (Å²) < 4.78 is 31.7. The van der Waals surface area contributed by atoms with Crippen LogP contribution in [0.5, 0.6) is 0 Å². The Morgan fingerprint density at radius 3 is 2.42 bits per heavy atom. The van der Waals surface area contributed by atoms with Crippen LogP contribution >= 0.6 is 0 Å². The normalized spacial score (nSPS) is 29.6. The highest BCUT2D eigenvalue weighted by atomic mass is 32.2. The van der Waals surface area contributed by atoms with E-state index in [4.69, 9.17) is 9.84 Å². The summed E-state index contributed by atoms with van der Waals surface area (Å²) in [6.45, 7) is -0.707. The number of aromatic nitrogens is 3. The van der Waals surface area contributed by atoms with Crippen LogP contribution in [-0.2, 0) is 20.3 Å². The van der Waals surface area contributed by atoms with E-state index in [9.17, 15) is 23.7 Å². The molecule has 11 heteroatoms. The molecule has 5 atom stereocenters. The first-order valence-corrected chi connectivity index (χ1v) is 9.54. The summed E-state index contributed by atoms with van der Waals surface area (Å²) >= 11 is 0. The molecule has 1 unspecified atom stereocenters. The van der Waals surface area contributed by atoms with E-state index in [2.05, 4.69) is 10.3 Å². The van der Waals surface area contributed by atoms with Gasteiger partial charge >= 0.3 is 0 Å². The molecule has 0 spiro atoms. The van der Waals surface area contributed by atoms with Crippen molar-refractivity contribution in [2.75, 3.05) is 6.61 Å². The highest BCUT2D eigenvalue weighted by molar-refractivity contribution is 7.91. The zero-order chi connectivity index (χ0) is 18.9. The highest BCUT2D eigenvalue weighted by Crippen LogP contribution is 2.26. The molecule has 0 saturated carbocycles. The zero-order valence-corrected chi connectivity index (χ0v) is 14.3. The van der Waals surface area contributed by atoms with Crippen molar-refractivity contribution in [2.24, 2.45) is 0 Å². The number of rotatable bonds is 5. The smallest absolute Gasteiger partial charge is 0.187 e. The monoisotopic (exact) mass is 385 g/mol. The van der Waals surface area contributed by atoms with Crippen LogP contribution in [0.4, 0.5) is 0 Å². The van der Waals surface area contributed by atoms with E-state index < -0.39 is 52.0 Å². The lowest BCUT2D eigenvalue weighted by atomic mass is 10.0. The maximum absolute atomic E-state index is 12.6. The van der Waals surface area contributed by atoms with Gasteiger partial charge in [0, 0.05) is 0 Å². The van der Waals surface area contributed by atoms with E-state index in [-0.39, 0.29) is 5.69 Å². The standard InChI is InChI=1S/C15H19N3O7S/c19-7-11-12(20)13(21)14(22)15(25-11)26(23,24)8-9-6-18(17-16-9)10-4-2-1-3-5-10/h1-6,11-15,19-22H,7-8H2/t11-,12+,13+,14-,15?/m0/s1. The van der Waals surface area contributed by atoms with Crippen LogP contribution in [0.3, 0.4) is 0 Å².